The van der Waals surface area contributed by atoms with Crippen LogP contribution in [-0.4, -0.2) is 42.7 Å². The molecular weight excluding hydrogens is 286 g/mol. The molecule has 0 fully saturated rings. The normalized spacial score (nSPS) is 14.6. The predicted molar refractivity (Wildman–Crippen MR) is 73.1 cm³/mol. The van der Waals surface area contributed by atoms with Crippen LogP contribution in [0.2, 0.25) is 0 Å². The highest BCUT2D eigenvalue weighted by Crippen LogP contribution is 2.14. The molecule has 1 rings (SSSR count). The Morgan fingerprint density at radius 3 is 2.68 bits per heavy atom. The lowest BCUT2D eigenvalue weighted by Crippen LogP contribution is -2.41. The molecule has 6 nitrogen and oxygen atoms in total. The molecule has 0 aliphatic rings. The van der Waals surface area contributed by atoms with Gasteiger partial charge in [0.2, 0.25) is 10.0 Å². The van der Waals surface area contributed by atoms with Crippen LogP contribution in [0.5, 0.6) is 0 Å². The lowest BCUT2D eigenvalue weighted by atomic mass is 10.3. The van der Waals surface area contributed by atoms with Crippen LogP contribution in [0.25, 0.3) is 0 Å². The molecule has 104 valence electrons. The number of nitrogens with one attached hydrogen (secondary N) is 1. The molecule has 2 unspecified atom stereocenters. The number of aromatic nitrogens is 1. The van der Waals surface area contributed by atoms with Gasteiger partial charge in [0.15, 0.2) is 0 Å². The first-order valence-corrected chi connectivity index (χ1v) is 8.24. The summed E-state index contributed by atoms with van der Waals surface area (Å²) in [5, 5.41) is 17.5. The molecule has 2 atom stereocenters. The molecule has 1 heterocycles. The second kappa shape index (κ2) is 6.86. The molecule has 8 heteroatoms. The number of hydrogen-bond donors (Lipinski definition) is 2. The number of nitrogens with zero attached hydrogens (tertiary/aromatic N) is 2. The summed E-state index contributed by atoms with van der Waals surface area (Å²) in [6, 6.07) is 4.08. The number of thioether (sulfide) groups is 1. The van der Waals surface area contributed by atoms with Gasteiger partial charge in [-0.1, -0.05) is 0 Å². The van der Waals surface area contributed by atoms with Crippen LogP contribution in [0.15, 0.2) is 23.2 Å². The van der Waals surface area contributed by atoms with Gasteiger partial charge in [-0.15, -0.1) is 0 Å². The zero-order valence-corrected chi connectivity index (χ0v) is 12.2. The third-order valence-corrected chi connectivity index (χ3v) is 5.25. The minimum Gasteiger partial charge on any atom is -0.395 e. The fourth-order valence-corrected chi connectivity index (χ4v) is 3.37. The van der Waals surface area contributed by atoms with Gasteiger partial charge in [-0.3, -0.25) is 0 Å². The van der Waals surface area contributed by atoms with Gasteiger partial charge in [0.1, 0.15) is 16.7 Å². The van der Waals surface area contributed by atoms with Gasteiger partial charge in [-0.2, -0.15) is 17.0 Å². The molecule has 1 aromatic rings. The minimum atomic E-state index is -3.70. The molecule has 0 aliphatic carbocycles. The topological polar surface area (TPSA) is 103 Å². The maximum Gasteiger partial charge on any atom is 0.242 e. The van der Waals surface area contributed by atoms with E-state index in [1.807, 2.05) is 6.07 Å². The maximum atomic E-state index is 12.1. The summed E-state index contributed by atoms with van der Waals surface area (Å²) < 4.78 is 26.6. The summed E-state index contributed by atoms with van der Waals surface area (Å²) >= 11 is 1.38. The van der Waals surface area contributed by atoms with Crippen LogP contribution in [-0.2, 0) is 10.0 Å². The largest absolute Gasteiger partial charge is 0.395 e. The lowest BCUT2D eigenvalue weighted by Gasteiger charge is -2.21. The van der Waals surface area contributed by atoms with E-state index in [1.165, 1.54) is 23.9 Å². The number of nitriles is 1. The fraction of sp³-hybridized carbons (Fsp3) is 0.455. The van der Waals surface area contributed by atoms with E-state index in [9.17, 15) is 8.42 Å². The first-order valence-electron chi connectivity index (χ1n) is 5.46. The molecule has 0 bridgehead atoms. The van der Waals surface area contributed by atoms with Crippen molar-refractivity contribution in [3.63, 3.8) is 0 Å². The molecule has 0 aromatic carbocycles. The van der Waals surface area contributed by atoms with Crippen molar-refractivity contribution in [2.24, 2.45) is 0 Å². The summed E-state index contributed by atoms with van der Waals surface area (Å²) in [4.78, 5) is 3.72. The van der Waals surface area contributed by atoms with Crippen LogP contribution >= 0.6 is 11.8 Å². The molecular formula is C11H15N3O3S2. The Hall–Kier alpha value is -1.14. The van der Waals surface area contributed by atoms with E-state index in [1.54, 1.807) is 13.2 Å². The smallest absolute Gasteiger partial charge is 0.242 e. The van der Waals surface area contributed by atoms with Crippen molar-refractivity contribution in [1.29, 1.82) is 5.26 Å². The Balaban J connectivity index is 2.89. The number of aliphatic hydroxyl groups excluding tert-OH is 1. The third kappa shape index (κ3) is 4.18. The molecule has 0 amide bonds. The number of rotatable bonds is 6. The maximum absolute atomic E-state index is 12.1. The minimum absolute atomic E-state index is 0.00357. The van der Waals surface area contributed by atoms with Gasteiger partial charge in [0.05, 0.1) is 6.61 Å². The average Bonchev–Trinajstić information content (AvgIpc) is 2.39. The molecule has 0 aliphatic heterocycles. The quantitative estimate of drug-likeness (QED) is 0.785. The summed E-state index contributed by atoms with van der Waals surface area (Å²) in [5.41, 5.74) is 0.157. The van der Waals surface area contributed by atoms with Crippen molar-refractivity contribution in [3.8, 4) is 6.07 Å². The zero-order chi connectivity index (χ0) is 14.5. The van der Waals surface area contributed by atoms with Crippen LogP contribution in [0.3, 0.4) is 0 Å². The standard InChI is InChI=1S/C11H15N3O3S2/c1-8(11(7-15)18-2)14-19(16,17)10-4-3-9(5-12)13-6-10/h3-4,6,8,11,14-15H,7H2,1-2H3. The molecule has 0 saturated heterocycles. The Morgan fingerprint density at radius 1 is 1.58 bits per heavy atom. The summed E-state index contributed by atoms with van der Waals surface area (Å²) in [6.45, 7) is 1.57. The SMILES string of the molecule is CSC(CO)C(C)NS(=O)(=O)c1ccc(C#N)nc1. The fourth-order valence-electron chi connectivity index (χ4n) is 1.43. The van der Waals surface area contributed by atoms with Crippen LogP contribution in [0, 0.1) is 11.3 Å². The highest BCUT2D eigenvalue weighted by Gasteiger charge is 2.23. The van der Waals surface area contributed by atoms with E-state index in [2.05, 4.69) is 9.71 Å². The van der Waals surface area contributed by atoms with Crippen molar-refractivity contribution < 1.29 is 13.5 Å². The van der Waals surface area contributed by atoms with E-state index >= 15 is 0 Å². The summed E-state index contributed by atoms with van der Waals surface area (Å²) in [7, 11) is -3.70. The molecule has 2 N–H and O–H groups in total. The van der Waals surface area contributed by atoms with E-state index in [0.29, 0.717) is 0 Å². The molecule has 0 spiro atoms. The van der Waals surface area contributed by atoms with Crippen LogP contribution in [0.4, 0.5) is 0 Å². The van der Waals surface area contributed by atoms with Gasteiger partial charge in [-0.05, 0) is 25.3 Å². The first kappa shape index (κ1) is 15.9. The monoisotopic (exact) mass is 301 g/mol. The van der Waals surface area contributed by atoms with Gasteiger partial charge in [0.25, 0.3) is 0 Å². The van der Waals surface area contributed by atoms with Crippen LogP contribution in [0.1, 0.15) is 12.6 Å². The predicted octanol–water partition coefficient (Wildman–Crippen LogP) is 0.344. The number of hydrogen-bond acceptors (Lipinski definition) is 6. The van der Waals surface area contributed by atoms with Gasteiger partial charge >= 0.3 is 0 Å². The molecule has 0 radical (unpaired) electrons. The van der Waals surface area contributed by atoms with E-state index in [4.69, 9.17) is 10.4 Å². The Morgan fingerprint density at radius 2 is 2.26 bits per heavy atom. The van der Waals surface area contributed by atoms with E-state index in [-0.39, 0.29) is 22.4 Å². The van der Waals surface area contributed by atoms with Crippen molar-refractivity contribution >= 4 is 21.8 Å². The zero-order valence-electron chi connectivity index (χ0n) is 10.6. The van der Waals surface area contributed by atoms with Crippen molar-refractivity contribution in [3.05, 3.63) is 24.0 Å². The summed E-state index contributed by atoms with van der Waals surface area (Å²) in [5.74, 6) is 0. The second-order valence-corrected chi connectivity index (χ2v) is 6.65. The molecule has 1 aromatic heterocycles. The highest BCUT2D eigenvalue weighted by atomic mass is 32.2. The Kier molecular flexibility index (Phi) is 5.75. The number of pyridine rings is 1. The lowest BCUT2D eigenvalue weighted by molar-refractivity contribution is 0.282. The first-order chi connectivity index (χ1) is 8.94. The molecule has 19 heavy (non-hydrogen) atoms. The number of sulfonamides is 1. The van der Waals surface area contributed by atoms with Gasteiger partial charge in [0, 0.05) is 17.5 Å². The van der Waals surface area contributed by atoms with Gasteiger partial charge < -0.3 is 5.11 Å². The van der Waals surface area contributed by atoms with Crippen LogP contribution < -0.4 is 4.72 Å². The van der Waals surface area contributed by atoms with E-state index < -0.39 is 16.1 Å². The summed E-state index contributed by atoms with van der Waals surface area (Å²) in [6.07, 6.45) is 2.94. The second-order valence-electron chi connectivity index (χ2n) is 3.86. The Labute approximate surface area is 116 Å². The van der Waals surface area contributed by atoms with Crippen molar-refractivity contribution in [1.82, 2.24) is 9.71 Å². The Bertz CT molecular complexity index is 548. The molecule has 0 saturated carbocycles. The van der Waals surface area contributed by atoms with Crippen molar-refractivity contribution in [2.75, 3.05) is 12.9 Å². The third-order valence-electron chi connectivity index (χ3n) is 2.54. The van der Waals surface area contributed by atoms with Gasteiger partial charge in [-0.25, -0.2) is 18.1 Å². The highest BCUT2D eigenvalue weighted by molar-refractivity contribution is 7.99. The number of aliphatic hydroxyl groups is 1. The average molecular weight is 301 g/mol. The van der Waals surface area contributed by atoms with E-state index in [0.717, 1.165) is 6.20 Å². The van der Waals surface area contributed by atoms with Crippen molar-refractivity contribution in [2.45, 2.75) is 23.1 Å².